The number of rotatable bonds is 12. The van der Waals surface area contributed by atoms with E-state index in [-0.39, 0.29) is 6.10 Å². The number of aliphatic hydroxyl groups is 1. The second-order valence-corrected chi connectivity index (χ2v) is 4.64. The molecule has 0 heterocycles. The minimum absolute atomic E-state index is 0.283. The Labute approximate surface area is 112 Å². The third kappa shape index (κ3) is 9.79. The van der Waals surface area contributed by atoms with E-state index in [9.17, 15) is 5.11 Å². The highest BCUT2D eigenvalue weighted by atomic mass is 16.5. The summed E-state index contributed by atoms with van der Waals surface area (Å²) in [6.07, 6.45) is -0.283. The maximum Gasteiger partial charge on any atom is 0.0791 e. The van der Waals surface area contributed by atoms with Crippen LogP contribution in [0, 0.1) is 0 Å². The molecular weight excluding hydrogens is 230 g/mol. The van der Waals surface area contributed by atoms with Crippen molar-refractivity contribution in [2.75, 3.05) is 66.6 Å². The van der Waals surface area contributed by atoms with Crippen LogP contribution in [-0.4, -0.2) is 87.6 Å². The fourth-order valence-electron chi connectivity index (χ4n) is 1.74. The summed E-state index contributed by atoms with van der Waals surface area (Å²) in [5.74, 6) is 0. The van der Waals surface area contributed by atoms with Gasteiger partial charge in [0.25, 0.3) is 0 Å². The lowest BCUT2D eigenvalue weighted by Gasteiger charge is -2.22. The molecule has 0 radical (unpaired) electrons. The fourth-order valence-corrected chi connectivity index (χ4v) is 1.74. The van der Waals surface area contributed by atoms with Gasteiger partial charge in [0.1, 0.15) is 0 Å². The molecule has 110 valence electrons. The van der Waals surface area contributed by atoms with Crippen molar-refractivity contribution in [3.63, 3.8) is 0 Å². The van der Waals surface area contributed by atoms with Crippen molar-refractivity contribution in [2.24, 2.45) is 0 Å². The van der Waals surface area contributed by atoms with Crippen molar-refractivity contribution in [2.45, 2.75) is 20.0 Å². The van der Waals surface area contributed by atoms with E-state index in [0.717, 1.165) is 45.9 Å². The summed E-state index contributed by atoms with van der Waals surface area (Å²) in [4.78, 5) is 4.45. The topological polar surface area (TPSA) is 48.0 Å². The fraction of sp³-hybridized carbons (Fsp3) is 1.00. The van der Waals surface area contributed by atoms with Crippen LogP contribution in [0.25, 0.3) is 0 Å². The second kappa shape index (κ2) is 11.9. The van der Waals surface area contributed by atoms with Gasteiger partial charge in [0.05, 0.1) is 12.7 Å². The molecule has 0 rings (SSSR count). The zero-order chi connectivity index (χ0) is 13.8. The molecule has 0 aromatic rings. The van der Waals surface area contributed by atoms with Crippen molar-refractivity contribution >= 4 is 0 Å². The van der Waals surface area contributed by atoms with Crippen LogP contribution in [0.5, 0.6) is 0 Å². The minimum atomic E-state index is -0.283. The molecule has 0 bridgehead atoms. The summed E-state index contributed by atoms with van der Waals surface area (Å²) < 4.78 is 5.02. The molecule has 0 saturated carbocycles. The van der Waals surface area contributed by atoms with E-state index in [4.69, 9.17) is 4.74 Å². The Morgan fingerprint density at radius 1 is 1.22 bits per heavy atom. The van der Waals surface area contributed by atoms with Crippen molar-refractivity contribution < 1.29 is 9.84 Å². The van der Waals surface area contributed by atoms with Gasteiger partial charge in [-0.1, -0.05) is 13.8 Å². The Morgan fingerprint density at radius 2 is 1.89 bits per heavy atom. The van der Waals surface area contributed by atoms with Gasteiger partial charge in [-0.25, -0.2) is 0 Å². The van der Waals surface area contributed by atoms with Gasteiger partial charge in [0.15, 0.2) is 0 Å². The van der Waals surface area contributed by atoms with Crippen LogP contribution in [0.3, 0.4) is 0 Å². The van der Waals surface area contributed by atoms with Crippen LogP contribution in [0.4, 0.5) is 0 Å². The first-order valence-corrected chi connectivity index (χ1v) is 6.92. The molecule has 0 aliphatic rings. The van der Waals surface area contributed by atoms with E-state index in [0.29, 0.717) is 6.54 Å². The van der Waals surface area contributed by atoms with E-state index in [1.807, 2.05) is 0 Å². The van der Waals surface area contributed by atoms with Gasteiger partial charge < -0.3 is 25.0 Å². The van der Waals surface area contributed by atoms with Crippen molar-refractivity contribution in [1.82, 2.24) is 15.1 Å². The SMILES string of the molecule is CCN(CC)CC(O)CNCCN(C)CCOC. The Hall–Kier alpha value is -0.200. The molecule has 1 atom stereocenters. The Morgan fingerprint density at radius 3 is 2.44 bits per heavy atom. The number of likely N-dealkylation sites (N-methyl/N-ethyl adjacent to an activating group) is 2. The molecule has 0 amide bonds. The Kier molecular flexibility index (Phi) is 11.7. The van der Waals surface area contributed by atoms with Gasteiger partial charge in [-0.05, 0) is 20.1 Å². The first-order chi connectivity index (χ1) is 8.63. The Balaban J connectivity index is 3.47. The molecule has 0 aliphatic heterocycles. The zero-order valence-corrected chi connectivity index (χ0v) is 12.5. The molecular formula is C13H31N3O2. The standard InChI is InChI=1S/C13H31N3O2/c1-5-16(6-2)12-13(17)11-14-7-8-15(3)9-10-18-4/h13-14,17H,5-12H2,1-4H3. The monoisotopic (exact) mass is 261 g/mol. The largest absolute Gasteiger partial charge is 0.390 e. The summed E-state index contributed by atoms with van der Waals surface area (Å²) >= 11 is 0. The summed E-state index contributed by atoms with van der Waals surface area (Å²) in [5.41, 5.74) is 0. The van der Waals surface area contributed by atoms with Gasteiger partial charge in [-0.3, -0.25) is 0 Å². The van der Waals surface area contributed by atoms with Crippen LogP contribution >= 0.6 is 0 Å². The molecule has 0 aromatic carbocycles. The van der Waals surface area contributed by atoms with Crippen LogP contribution in [0.15, 0.2) is 0 Å². The molecule has 0 saturated heterocycles. The average Bonchev–Trinajstić information content (AvgIpc) is 2.38. The second-order valence-electron chi connectivity index (χ2n) is 4.64. The quantitative estimate of drug-likeness (QED) is 0.479. The van der Waals surface area contributed by atoms with E-state index >= 15 is 0 Å². The van der Waals surface area contributed by atoms with Gasteiger partial charge in [0, 0.05) is 39.8 Å². The molecule has 0 aromatic heterocycles. The van der Waals surface area contributed by atoms with Crippen molar-refractivity contribution in [3.05, 3.63) is 0 Å². The predicted molar refractivity (Wildman–Crippen MR) is 76.0 cm³/mol. The van der Waals surface area contributed by atoms with Crippen LogP contribution in [0.2, 0.25) is 0 Å². The lowest BCUT2D eigenvalue weighted by molar-refractivity contribution is 0.115. The number of methoxy groups -OCH3 is 1. The molecule has 0 aliphatic carbocycles. The Bertz CT molecular complexity index is 178. The third-order valence-corrected chi connectivity index (χ3v) is 3.09. The molecule has 2 N–H and O–H groups in total. The van der Waals surface area contributed by atoms with E-state index < -0.39 is 0 Å². The molecule has 18 heavy (non-hydrogen) atoms. The molecule has 0 fully saturated rings. The summed E-state index contributed by atoms with van der Waals surface area (Å²) in [5, 5.41) is 13.1. The van der Waals surface area contributed by atoms with Gasteiger partial charge in [0.2, 0.25) is 0 Å². The average molecular weight is 261 g/mol. The van der Waals surface area contributed by atoms with Crippen LogP contribution < -0.4 is 5.32 Å². The lowest BCUT2D eigenvalue weighted by Crippen LogP contribution is -2.40. The first kappa shape index (κ1) is 17.8. The van der Waals surface area contributed by atoms with Crippen LogP contribution in [-0.2, 0) is 4.74 Å². The van der Waals surface area contributed by atoms with E-state index in [1.54, 1.807) is 7.11 Å². The van der Waals surface area contributed by atoms with Gasteiger partial charge in [-0.2, -0.15) is 0 Å². The number of hydrogen-bond acceptors (Lipinski definition) is 5. The smallest absolute Gasteiger partial charge is 0.0791 e. The predicted octanol–water partition coefficient (Wildman–Crippen LogP) is -0.143. The molecule has 0 spiro atoms. The summed E-state index contributed by atoms with van der Waals surface area (Å²) in [7, 11) is 3.79. The maximum absolute atomic E-state index is 9.85. The number of nitrogens with one attached hydrogen (secondary N) is 1. The van der Waals surface area contributed by atoms with E-state index in [2.05, 4.69) is 36.0 Å². The minimum Gasteiger partial charge on any atom is -0.390 e. The molecule has 1 unspecified atom stereocenters. The van der Waals surface area contributed by atoms with Gasteiger partial charge in [-0.15, -0.1) is 0 Å². The maximum atomic E-state index is 9.85. The molecule has 5 heteroatoms. The first-order valence-electron chi connectivity index (χ1n) is 6.92. The zero-order valence-electron chi connectivity index (χ0n) is 12.5. The van der Waals surface area contributed by atoms with E-state index in [1.165, 1.54) is 0 Å². The van der Waals surface area contributed by atoms with Gasteiger partial charge >= 0.3 is 0 Å². The third-order valence-electron chi connectivity index (χ3n) is 3.09. The number of ether oxygens (including phenoxy) is 1. The summed E-state index contributed by atoms with van der Waals surface area (Å²) in [6, 6.07) is 0. The highest BCUT2D eigenvalue weighted by molar-refractivity contribution is 4.65. The summed E-state index contributed by atoms with van der Waals surface area (Å²) in [6.45, 7) is 11.2. The number of aliphatic hydroxyl groups excluding tert-OH is 1. The van der Waals surface area contributed by atoms with Crippen LogP contribution in [0.1, 0.15) is 13.8 Å². The normalized spacial score (nSPS) is 13.5. The van der Waals surface area contributed by atoms with Crippen molar-refractivity contribution in [1.29, 1.82) is 0 Å². The highest BCUT2D eigenvalue weighted by Crippen LogP contribution is 1.91. The lowest BCUT2D eigenvalue weighted by atomic mass is 10.3. The van der Waals surface area contributed by atoms with Crippen molar-refractivity contribution in [3.8, 4) is 0 Å². The highest BCUT2D eigenvalue weighted by Gasteiger charge is 2.08. The number of nitrogens with zero attached hydrogens (tertiary/aromatic N) is 2. The molecule has 5 nitrogen and oxygen atoms in total. The number of hydrogen-bond donors (Lipinski definition) is 2.